The van der Waals surface area contributed by atoms with Gasteiger partial charge in [-0.2, -0.15) is 0 Å². The molecule has 1 heterocycles. The van der Waals surface area contributed by atoms with E-state index in [0.717, 1.165) is 18.8 Å². The summed E-state index contributed by atoms with van der Waals surface area (Å²) in [5.41, 5.74) is 6.55. The number of ether oxygens (including phenoxy) is 3. The molecule has 9 heteroatoms. The van der Waals surface area contributed by atoms with E-state index < -0.39 is 0 Å². The molecule has 1 saturated heterocycles. The van der Waals surface area contributed by atoms with Gasteiger partial charge in [0.25, 0.3) is 5.91 Å². The molecule has 3 N–H and O–H groups in total. The molecule has 1 atom stereocenters. The molecule has 0 aromatic heterocycles. The number of rotatable bonds is 9. The third kappa shape index (κ3) is 6.90. The van der Waals surface area contributed by atoms with E-state index in [9.17, 15) is 4.79 Å². The van der Waals surface area contributed by atoms with Crippen molar-refractivity contribution in [2.24, 2.45) is 0 Å². The molecule has 0 aliphatic carbocycles. The molecule has 2 aromatic carbocycles. The van der Waals surface area contributed by atoms with Gasteiger partial charge in [-0.1, -0.05) is 23.2 Å². The van der Waals surface area contributed by atoms with Crippen LogP contribution in [0.2, 0.25) is 10.0 Å². The van der Waals surface area contributed by atoms with Crippen molar-refractivity contribution in [2.45, 2.75) is 13.0 Å². The second-order valence-electron chi connectivity index (χ2n) is 7.11. The van der Waals surface area contributed by atoms with E-state index in [1.54, 1.807) is 18.2 Å². The highest BCUT2D eigenvalue weighted by Gasteiger charge is 2.22. The summed E-state index contributed by atoms with van der Waals surface area (Å²) in [6.07, 6.45) is -0.118. The molecule has 1 amide bonds. The standard InChI is InChI=1S/C22H27Cl2N3O4/c1-2-29-21-12-20(25)19(24)11-18(21)22(28)26-13-17-14-27(8-10-31-17)7-9-30-16-5-3-15(23)4-6-16/h3-6,11-12,17H,2,7-10,13-14,25H2,1H3,(H,26,28). The van der Waals surface area contributed by atoms with Gasteiger partial charge in [0.05, 0.1) is 35.6 Å². The van der Waals surface area contributed by atoms with Gasteiger partial charge < -0.3 is 25.3 Å². The molecular formula is C22H27Cl2N3O4. The van der Waals surface area contributed by atoms with Crippen molar-refractivity contribution in [3.05, 3.63) is 52.0 Å². The molecular weight excluding hydrogens is 441 g/mol. The lowest BCUT2D eigenvalue weighted by Crippen LogP contribution is -2.48. The Bertz CT molecular complexity index is 880. The van der Waals surface area contributed by atoms with Gasteiger partial charge in [0, 0.05) is 37.3 Å². The minimum Gasteiger partial charge on any atom is -0.493 e. The van der Waals surface area contributed by atoms with E-state index in [0.29, 0.717) is 60.0 Å². The number of nitrogens with two attached hydrogens (primary N) is 1. The first-order valence-electron chi connectivity index (χ1n) is 10.2. The highest BCUT2D eigenvalue weighted by molar-refractivity contribution is 6.33. The first-order valence-corrected chi connectivity index (χ1v) is 10.9. The number of nitrogens with one attached hydrogen (secondary N) is 1. The maximum Gasteiger partial charge on any atom is 0.255 e. The van der Waals surface area contributed by atoms with Crippen LogP contribution >= 0.6 is 23.2 Å². The second kappa shape index (κ2) is 11.4. The van der Waals surface area contributed by atoms with Crippen LogP contribution in [0.1, 0.15) is 17.3 Å². The van der Waals surface area contributed by atoms with Crippen LogP contribution in [0.15, 0.2) is 36.4 Å². The number of halogens is 2. The molecule has 0 bridgehead atoms. The lowest BCUT2D eigenvalue weighted by Gasteiger charge is -2.32. The van der Waals surface area contributed by atoms with E-state index in [4.69, 9.17) is 43.1 Å². The fraction of sp³-hybridized carbons (Fsp3) is 0.409. The zero-order valence-electron chi connectivity index (χ0n) is 17.4. The number of morpholine rings is 1. The molecule has 0 radical (unpaired) electrons. The fourth-order valence-electron chi connectivity index (χ4n) is 3.25. The van der Waals surface area contributed by atoms with Gasteiger partial charge in [0.1, 0.15) is 18.1 Å². The smallest absolute Gasteiger partial charge is 0.255 e. The molecule has 3 rings (SSSR count). The quantitative estimate of drug-likeness (QED) is 0.549. The summed E-state index contributed by atoms with van der Waals surface area (Å²) >= 11 is 12.0. The molecule has 1 aliphatic rings. The number of carbonyl (C=O) groups excluding carboxylic acids is 1. The minimum absolute atomic E-state index is 0.118. The van der Waals surface area contributed by atoms with Crippen LogP contribution in [-0.2, 0) is 4.74 Å². The van der Waals surface area contributed by atoms with E-state index in [2.05, 4.69) is 10.2 Å². The van der Waals surface area contributed by atoms with Crippen LogP contribution in [0.3, 0.4) is 0 Å². The predicted octanol–water partition coefficient (Wildman–Crippen LogP) is 3.48. The highest BCUT2D eigenvalue weighted by Crippen LogP contribution is 2.29. The number of hydrogen-bond donors (Lipinski definition) is 2. The third-order valence-corrected chi connectivity index (χ3v) is 5.43. The number of anilines is 1. The average molecular weight is 468 g/mol. The van der Waals surface area contributed by atoms with Gasteiger partial charge in [-0.25, -0.2) is 0 Å². The van der Waals surface area contributed by atoms with Crippen LogP contribution in [0, 0.1) is 0 Å². The van der Waals surface area contributed by atoms with Crippen molar-refractivity contribution >= 4 is 34.8 Å². The van der Waals surface area contributed by atoms with Gasteiger partial charge in [-0.3, -0.25) is 9.69 Å². The van der Waals surface area contributed by atoms with E-state index >= 15 is 0 Å². The van der Waals surface area contributed by atoms with Crippen molar-refractivity contribution in [1.82, 2.24) is 10.2 Å². The number of carbonyl (C=O) groups is 1. The van der Waals surface area contributed by atoms with E-state index in [1.807, 2.05) is 19.1 Å². The Balaban J connectivity index is 1.47. The third-order valence-electron chi connectivity index (χ3n) is 4.85. The van der Waals surface area contributed by atoms with Gasteiger partial charge in [0.15, 0.2) is 0 Å². The van der Waals surface area contributed by atoms with Crippen molar-refractivity contribution in [3.8, 4) is 11.5 Å². The van der Waals surface area contributed by atoms with E-state index in [-0.39, 0.29) is 12.0 Å². The molecule has 7 nitrogen and oxygen atoms in total. The van der Waals surface area contributed by atoms with Crippen molar-refractivity contribution in [3.63, 3.8) is 0 Å². The first kappa shape index (κ1) is 23.5. The molecule has 31 heavy (non-hydrogen) atoms. The van der Waals surface area contributed by atoms with Crippen molar-refractivity contribution < 1.29 is 19.0 Å². The van der Waals surface area contributed by atoms with Gasteiger partial charge in [-0.05, 0) is 37.3 Å². The molecule has 1 aliphatic heterocycles. The van der Waals surface area contributed by atoms with Gasteiger partial charge >= 0.3 is 0 Å². The minimum atomic E-state index is -0.280. The summed E-state index contributed by atoms with van der Waals surface area (Å²) in [5.74, 6) is 0.915. The molecule has 0 spiro atoms. The maximum absolute atomic E-state index is 12.7. The zero-order valence-corrected chi connectivity index (χ0v) is 18.9. The molecule has 0 saturated carbocycles. The van der Waals surface area contributed by atoms with Crippen LogP contribution in [0.25, 0.3) is 0 Å². The Kier molecular flexibility index (Phi) is 8.66. The van der Waals surface area contributed by atoms with Crippen LogP contribution in [-0.4, -0.2) is 62.9 Å². The molecule has 1 fully saturated rings. The van der Waals surface area contributed by atoms with Crippen LogP contribution in [0.4, 0.5) is 5.69 Å². The Morgan fingerprint density at radius 3 is 2.77 bits per heavy atom. The van der Waals surface area contributed by atoms with Gasteiger partial charge in [-0.15, -0.1) is 0 Å². The van der Waals surface area contributed by atoms with Crippen LogP contribution < -0.4 is 20.5 Å². The summed E-state index contributed by atoms with van der Waals surface area (Å²) in [6, 6.07) is 10.4. The first-order chi connectivity index (χ1) is 15.0. The fourth-order valence-corrected chi connectivity index (χ4v) is 3.54. The van der Waals surface area contributed by atoms with Crippen molar-refractivity contribution in [2.75, 3.05) is 51.7 Å². The van der Waals surface area contributed by atoms with Crippen LogP contribution in [0.5, 0.6) is 11.5 Å². The Morgan fingerprint density at radius 1 is 1.26 bits per heavy atom. The lowest BCUT2D eigenvalue weighted by molar-refractivity contribution is -0.0293. The molecule has 2 aromatic rings. The van der Waals surface area contributed by atoms with E-state index in [1.165, 1.54) is 6.07 Å². The lowest BCUT2D eigenvalue weighted by atomic mass is 10.1. The maximum atomic E-state index is 12.7. The normalized spacial score (nSPS) is 16.7. The number of nitrogens with zero attached hydrogens (tertiary/aromatic N) is 1. The monoisotopic (exact) mass is 467 g/mol. The number of benzene rings is 2. The molecule has 1 unspecified atom stereocenters. The predicted molar refractivity (Wildman–Crippen MR) is 122 cm³/mol. The van der Waals surface area contributed by atoms with Crippen molar-refractivity contribution in [1.29, 1.82) is 0 Å². The number of hydrogen-bond acceptors (Lipinski definition) is 6. The summed E-state index contributed by atoms with van der Waals surface area (Å²) in [7, 11) is 0. The summed E-state index contributed by atoms with van der Waals surface area (Å²) in [4.78, 5) is 14.9. The summed E-state index contributed by atoms with van der Waals surface area (Å²) in [5, 5.41) is 3.90. The summed E-state index contributed by atoms with van der Waals surface area (Å²) < 4.78 is 17.1. The second-order valence-corrected chi connectivity index (χ2v) is 7.95. The largest absolute Gasteiger partial charge is 0.493 e. The topological polar surface area (TPSA) is 86.0 Å². The summed E-state index contributed by atoms with van der Waals surface area (Å²) in [6.45, 7) is 6.07. The average Bonchev–Trinajstić information content (AvgIpc) is 2.76. The Labute approximate surface area is 192 Å². The Morgan fingerprint density at radius 2 is 2.03 bits per heavy atom. The number of nitrogen functional groups attached to an aromatic ring is 1. The highest BCUT2D eigenvalue weighted by atomic mass is 35.5. The number of amides is 1. The van der Waals surface area contributed by atoms with Gasteiger partial charge in [0.2, 0.25) is 0 Å². The SMILES string of the molecule is CCOc1cc(N)c(Cl)cc1C(=O)NCC1CN(CCOc2ccc(Cl)cc2)CCO1. The Hall–Kier alpha value is -2.19. The molecule has 168 valence electrons. The zero-order chi connectivity index (χ0) is 22.2.